The molecule has 0 aliphatic carbocycles. The highest BCUT2D eigenvalue weighted by Gasteiger charge is 2.74. The van der Waals surface area contributed by atoms with Gasteiger partial charge in [-0.25, -0.2) is 34.0 Å². The summed E-state index contributed by atoms with van der Waals surface area (Å²) in [7, 11) is 0. The highest BCUT2D eigenvalue weighted by atomic mass is 16.7. The molecule has 0 saturated heterocycles. The first-order valence-corrected chi connectivity index (χ1v) is 41.9. The Morgan fingerprint density at radius 2 is 0.796 bits per heavy atom. The number of carbonyl (C=O) groups is 8. The Balaban J connectivity index is 3.05. The molecule has 1 aromatic carbocycles. The third-order valence-corrected chi connectivity index (χ3v) is 17.9. The summed E-state index contributed by atoms with van der Waals surface area (Å²) in [6, 6.07) is 9.61. The van der Waals surface area contributed by atoms with Gasteiger partial charge in [-0.2, -0.15) is 9.59 Å². The fourth-order valence-electron chi connectivity index (χ4n) is 12.7. The number of nitrogens with one attached hydrogen (secondary N) is 2. The normalized spacial score (nSPS) is 13.7. The van der Waals surface area contributed by atoms with Crippen LogP contribution in [-0.4, -0.2) is 170 Å². The van der Waals surface area contributed by atoms with Crippen LogP contribution < -0.4 is 10.6 Å². The molecule has 0 fully saturated rings. The number of hydrogen-bond acceptors (Lipinski definition) is 16. The highest BCUT2D eigenvalue weighted by Crippen LogP contribution is 2.38. The van der Waals surface area contributed by atoms with Crippen molar-refractivity contribution < 1.29 is 80.8 Å². The molecule has 2 N–H and O–H groups in total. The van der Waals surface area contributed by atoms with E-state index in [1.54, 1.807) is 116 Å². The fraction of sp³-hybridized carbons (Fsp3) is 0.835. The van der Waals surface area contributed by atoms with Crippen molar-refractivity contribution in [3.05, 3.63) is 35.9 Å². The van der Waals surface area contributed by atoms with Crippen molar-refractivity contribution in [1.29, 1.82) is 0 Å². The van der Waals surface area contributed by atoms with Crippen LogP contribution in [0.15, 0.2) is 30.3 Å². The Kier molecular flexibility index (Phi) is 47.8. The number of unbranched alkanes of at least 4 members (excludes halogenated alkanes) is 25. The summed E-state index contributed by atoms with van der Waals surface area (Å²) in [6.07, 6.45) is 26.9. The average molecular weight is 1530 g/mol. The van der Waals surface area contributed by atoms with Gasteiger partial charge in [0.05, 0.1) is 4.70 Å². The molecule has 1 aromatic rings. The molecule has 108 heavy (non-hydrogen) atoms. The second-order valence-electron chi connectivity index (χ2n) is 35.6. The molecule has 23 heteroatoms. The van der Waals surface area contributed by atoms with Crippen molar-refractivity contribution in [2.75, 3.05) is 52.5 Å². The van der Waals surface area contributed by atoms with Crippen molar-refractivity contribution in [2.45, 2.75) is 410 Å². The van der Waals surface area contributed by atoms with E-state index in [0.717, 1.165) is 76.2 Å². The highest BCUT2D eigenvalue weighted by molar-refractivity contribution is 5.88. The molecule has 1 rings (SSSR count). The lowest BCUT2D eigenvalue weighted by Crippen LogP contribution is -2.86. The minimum absolute atomic E-state index is 0.0403. The number of hydrogen-bond donors (Lipinski definition) is 2. The van der Waals surface area contributed by atoms with Gasteiger partial charge in [-0.1, -0.05) is 205 Å². The Hall–Kier alpha value is -5.94. The van der Waals surface area contributed by atoms with E-state index in [4.69, 9.17) is 33.2 Å². The summed E-state index contributed by atoms with van der Waals surface area (Å²) in [5.74, 6) is 0.113. The van der Waals surface area contributed by atoms with E-state index >= 15 is 24.0 Å². The molecule has 8 amide bonds. The Morgan fingerprint density at radius 3 is 1.23 bits per heavy atom. The topological polar surface area (TPSA) is 238 Å². The lowest BCUT2D eigenvalue weighted by atomic mass is 10.0. The van der Waals surface area contributed by atoms with Gasteiger partial charge in [-0.15, -0.1) is 0 Å². The summed E-state index contributed by atoms with van der Waals surface area (Å²) in [5, 5.41) is 10.2. The minimum Gasteiger partial charge on any atom is -0.445 e. The largest absolute Gasteiger partial charge is 0.594 e. The molecule has 23 nitrogen and oxygen atoms in total. The van der Waals surface area contributed by atoms with Gasteiger partial charge in [-0.05, 0) is 180 Å². The molecule has 0 aliphatic rings. The van der Waals surface area contributed by atoms with E-state index in [2.05, 4.69) is 29.5 Å². The van der Waals surface area contributed by atoms with Gasteiger partial charge in [0.2, 0.25) is 12.6 Å². The number of amides is 8. The fourth-order valence-corrected chi connectivity index (χ4v) is 12.7. The summed E-state index contributed by atoms with van der Waals surface area (Å²) < 4.78 is 39.5. The van der Waals surface area contributed by atoms with Crippen LogP contribution in [0, 0.1) is 0 Å². The van der Waals surface area contributed by atoms with E-state index in [1.165, 1.54) is 114 Å². The van der Waals surface area contributed by atoms with E-state index in [1.807, 2.05) is 58.0 Å². The first kappa shape index (κ1) is 100. The third kappa shape index (κ3) is 44.2. The van der Waals surface area contributed by atoms with Crippen molar-refractivity contribution >= 4 is 48.6 Å². The predicted octanol–water partition coefficient (Wildman–Crippen LogP) is 22.5. The minimum atomic E-state index is -1.54. The lowest BCUT2D eigenvalue weighted by molar-refractivity contribution is -1.46. The van der Waals surface area contributed by atoms with Crippen molar-refractivity contribution in [3.63, 3.8) is 0 Å². The molecule has 0 bridgehead atoms. The molecule has 0 saturated carbocycles. The predicted molar refractivity (Wildman–Crippen MR) is 431 cm³/mol. The number of rotatable bonds is 49. The zero-order valence-electron chi connectivity index (χ0n) is 72.5. The number of carbonyl (C=O) groups excluding carboxylic acids is 8. The van der Waals surface area contributed by atoms with Crippen LogP contribution in [0.25, 0.3) is 0 Å². The second kappa shape index (κ2) is 51.6. The molecule has 0 radical (unpaired) electrons. The maximum Gasteiger partial charge on any atom is 0.594 e. The lowest BCUT2D eigenvalue weighted by Gasteiger charge is -2.50. The summed E-state index contributed by atoms with van der Waals surface area (Å²) in [5.41, 5.74) is -5.96. The Bertz CT molecular complexity index is 2670. The molecular weight excluding hydrogens is 1370 g/mol. The van der Waals surface area contributed by atoms with Gasteiger partial charge in [0.25, 0.3) is 0 Å². The van der Waals surface area contributed by atoms with Crippen LogP contribution in [-0.2, 0) is 44.6 Å². The van der Waals surface area contributed by atoms with Gasteiger partial charge in [-0.3, -0.25) is 9.69 Å². The standard InChI is InChI=1S/C85H156N8O15/c1-23-26-64-89(70(4)57-50-46-48-54-61-86-72(94)60-53-45-43-41-39-37-35-33-31-29-28-30-32-34-36-38-40-42-44-47-55-62-87-73(95)102-68-71-58-51-49-52-59-71)90(75(97)104-81(8,9)10)65-56-63-88(74(96)103-80(5,6)7)69-92(67-27-24-2,78(100)107-84(17,18)19)93(66-25-3,79(101)108-85(20,21)22)91(76(98)105-82(11,12)13)77(99)106-83(14,15)16/h49,51-52,58-59,70H,23-48,50,53-57,60-69H2,1-22H3/p+2. The van der Waals surface area contributed by atoms with Crippen molar-refractivity contribution in [3.8, 4) is 0 Å². The quantitative estimate of drug-likeness (QED) is 0.0203. The maximum absolute atomic E-state index is 16.1. The van der Waals surface area contributed by atoms with Gasteiger partial charge < -0.3 is 43.8 Å². The van der Waals surface area contributed by atoms with Crippen molar-refractivity contribution in [1.82, 2.24) is 30.6 Å². The average Bonchev–Trinajstić information content (AvgIpc) is 0.710. The summed E-state index contributed by atoms with van der Waals surface area (Å²) >= 11 is 0. The van der Waals surface area contributed by atoms with Crippen molar-refractivity contribution in [2.24, 2.45) is 0 Å². The first-order valence-electron chi connectivity index (χ1n) is 41.9. The van der Waals surface area contributed by atoms with E-state index in [-0.39, 0.29) is 56.9 Å². The van der Waals surface area contributed by atoms with Gasteiger partial charge >= 0.3 is 42.7 Å². The number of hydrazine groups is 1. The van der Waals surface area contributed by atoms with Crippen LogP contribution >= 0.6 is 0 Å². The van der Waals surface area contributed by atoms with Gasteiger partial charge in [0, 0.05) is 63.0 Å². The van der Waals surface area contributed by atoms with Gasteiger partial charge in [0.1, 0.15) is 46.8 Å². The van der Waals surface area contributed by atoms with Crippen LogP contribution in [0.3, 0.4) is 0 Å². The van der Waals surface area contributed by atoms with Crippen LogP contribution in [0.5, 0.6) is 0 Å². The van der Waals surface area contributed by atoms with E-state index in [0.29, 0.717) is 44.1 Å². The number of quaternary nitrogens is 2. The SMILES string of the molecule is CCCCN(C(C)CCCCCCNC(=O)CCCCCCCCCCCCCCCCCCCCCCCNC(=O)OCc1ccccc1)N(CCCN(C[N+](CCCC)(C(=O)OC(C)(C)C)[N+](CCC)(C(=O)OC(C)(C)C)N(C(=O)OC(C)(C)C)C(=O)OC(C)(C)C)C(=O)OC(C)(C)C)C(=O)OC(C)(C)C. The smallest absolute Gasteiger partial charge is 0.445 e. The number of benzene rings is 1. The van der Waals surface area contributed by atoms with E-state index in [9.17, 15) is 14.4 Å². The molecule has 3 atom stereocenters. The first-order chi connectivity index (χ1) is 50.5. The number of alkyl carbamates (subject to hydrolysis) is 1. The molecule has 0 aromatic heterocycles. The zero-order chi connectivity index (χ0) is 81.7. The maximum atomic E-state index is 16.1. The summed E-state index contributed by atoms with van der Waals surface area (Å²) in [4.78, 5) is 119. The zero-order valence-corrected chi connectivity index (χ0v) is 72.5. The van der Waals surface area contributed by atoms with Crippen LogP contribution in [0.4, 0.5) is 33.6 Å². The van der Waals surface area contributed by atoms with Crippen LogP contribution in [0.2, 0.25) is 0 Å². The monoisotopic (exact) mass is 1530 g/mol. The summed E-state index contributed by atoms with van der Waals surface area (Å²) in [6.45, 7) is 38.4. The Labute approximate surface area is 655 Å². The molecule has 626 valence electrons. The molecule has 0 aliphatic heterocycles. The van der Waals surface area contributed by atoms with E-state index < -0.39 is 92.7 Å². The number of ether oxygens (including phenoxy) is 7. The molecular formula is C85H158N8O15+2. The van der Waals surface area contributed by atoms with Gasteiger partial charge in [0.15, 0.2) is 6.54 Å². The number of imide groups is 1. The van der Waals surface area contributed by atoms with Crippen LogP contribution in [0.1, 0.15) is 370 Å². The molecule has 0 heterocycles. The molecule has 3 unspecified atom stereocenters. The molecule has 0 spiro atoms. The second-order valence-corrected chi connectivity index (χ2v) is 35.6. The third-order valence-electron chi connectivity index (χ3n) is 17.9. The Morgan fingerprint density at radius 1 is 0.398 bits per heavy atom. The number of nitrogens with zero attached hydrogens (tertiary/aromatic N) is 6.